The van der Waals surface area contributed by atoms with Gasteiger partial charge in [0.1, 0.15) is 15.7 Å². The quantitative estimate of drug-likeness (QED) is 0.737. The first-order chi connectivity index (χ1) is 9.85. The Morgan fingerprint density at radius 3 is 2.59 bits per heavy atom. The zero-order chi connectivity index (χ0) is 15.9. The summed E-state index contributed by atoms with van der Waals surface area (Å²) in [6.45, 7) is 3.92. The zero-order valence-corrected chi connectivity index (χ0v) is 15.5. The van der Waals surface area contributed by atoms with Gasteiger partial charge in [0.25, 0.3) is 0 Å². The highest BCUT2D eigenvalue weighted by atomic mass is 32.2. The molecule has 0 aromatic carbocycles. The maximum Gasteiger partial charge on any atom is 0.179 e. The number of rotatable bonds is 9. The number of ether oxygens (including phenoxy) is 1. The van der Waals surface area contributed by atoms with Crippen LogP contribution in [0, 0.1) is 6.92 Å². The summed E-state index contributed by atoms with van der Waals surface area (Å²) in [5, 5.41) is 3.31. The predicted molar refractivity (Wildman–Crippen MR) is 95.0 cm³/mol. The summed E-state index contributed by atoms with van der Waals surface area (Å²) < 4.78 is 28.0. The molecule has 1 aromatic rings. The molecule has 8 heteroatoms. The minimum absolute atomic E-state index is 0. The fourth-order valence-electron chi connectivity index (χ4n) is 2.00. The lowest BCUT2D eigenvalue weighted by Gasteiger charge is -2.20. The van der Waals surface area contributed by atoms with Crippen molar-refractivity contribution in [3.63, 3.8) is 0 Å². The fraction of sp³-hybridized carbons (Fsp3) is 0.714. The van der Waals surface area contributed by atoms with Crippen LogP contribution in [0.25, 0.3) is 0 Å². The first kappa shape index (κ1) is 21.0. The summed E-state index contributed by atoms with van der Waals surface area (Å²) in [7, 11) is -1.40. The Morgan fingerprint density at radius 1 is 1.36 bits per heavy atom. The van der Waals surface area contributed by atoms with E-state index in [0.717, 1.165) is 19.3 Å². The summed E-state index contributed by atoms with van der Waals surface area (Å²) in [6, 6.07) is 0.0582. The van der Waals surface area contributed by atoms with E-state index in [2.05, 4.69) is 22.2 Å². The highest BCUT2D eigenvalue weighted by Crippen LogP contribution is 2.23. The van der Waals surface area contributed by atoms with Gasteiger partial charge in [0.15, 0.2) is 11.6 Å². The molecule has 1 atom stereocenters. The molecule has 0 fully saturated rings. The second kappa shape index (κ2) is 9.89. The van der Waals surface area contributed by atoms with Gasteiger partial charge in [-0.1, -0.05) is 19.8 Å². The second-order valence-corrected chi connectivity index (χ2v) is 7.50. The standard InChI is InChI=1S/C14H25N3O3S.H2S/c1-5-6-7-12(8-9-21(4,18)19)17-14-13(20-3)10-15-11(2)16-14;/h10,12H,5-9H2,1-4H3,(H,15,16,17);1H2/t12-;/m0./s1. The molecule has 0 radical (unpaired) electrons. The highest BCUT2D eigenvalue weighted by molar-refractivity contribution is 7.90. The third-order valence-electron chi connectivity index (χ3n) is 3.18. The van der Waals surface area contributed by atoms with Crippen molar-refractivity contribution in [2.75, 3.05) is 24.4 Å². The number of anilines is 1. The Hall–Kier alpha value is -1.02. The molecule has 0 saturated heterocycles. The number of methoxy groups -OCH3 is 1. The van der Waals surface area contributed by atoms with E-state index >= 15 is 0 Å². The van der Waals surface area contributed by atoms with Crippen molar-refractivity contribution in [1.82, 2.24) is 9.97 Å². The van der Waals surface area contributed by atoms with Crippen LogP contribution in [-0.2, 0) is 9.84 Å². The van der Waals surface area contributed by atoms with Crippen molar-refractivity contribution in [1.29, 1.82) is 0 Å². The van der Waals surface area contributed by atoms with Gasteiger partial charge in [0.05, 0.1) is 19.1 Å². The smallest absolute Gasteiger partial charge is 0.179 e. The Bertz CT molecular complexity index is 550. The molecule has 0 aliphatic heterocycles. The van der Waals surface area contributed by atoms with Crippen LogP contribution in [0.5, 0.6) is 5.75 Å². The van der Waals surface area contributed by atoms with Crippen LogP contribution in [0.2, 0.25) is 0 Å². The number of aromatic nitrogens is 2. The molecular formula is C14H27N3O3S2. The van der Waals surface area contributed by atoms with Crippen LogP contribution in [0.15, 0.2) is 6.20 Å². The van der Waals surface area contributed by atoms with E-state index in [-0.39, 0.29) is 25.3 Å². The average Bonchev–Trinajstić information content (AvgIpc) is 2.41. The molecule has 1 rings (SSSR count). The van der Waals surface area contributed by atoms with E-state index in [1.807, 2.05) is 6.92 Å². The highest BCUT2D eigenvalue weighted by Gasteiger charge is 2.15. The van der Waals surface area contributed by atoms with Gasteiger partial charge in [0.2, 0.25) is 0 Å². The first-order valence-corrected chi connectivity index (χ1v) is 9.23. The largest absolute Gasteiger partial charge is 0.491 e. The second-order valence-electron chi connectivity index (χ2n) is 5.24. The molecule has 1 N–H and O–H groups in total. The number of nitrogens with one attached hydrogen (secondary N) is 1. The van der Waals surface area contributed by atoms with E-state index in [1.54, 1.807) is 13.3 Å². The third-order valence-corrected chi connectivity index (χ3v) is 4.16. The van der Waals surface area contributed by atoms with Gasteiger partial charge < -0.3 is 10.1 Å². The van der Waals surface area contributed by atoms with E-state index in [9.17, 15) is 8.42 Å². The van der Waals surface area contributed by atoms with Crippen LogP contribution in [0.1, 0.15) is 38.4 Å². The van der Waals surface area contributed by atoms with Crippen LogP contribution < -0.4 is 10.1 Å². The topological polar surface area (TPSA) is 81.2 Å². The average molecular weight is 350 g/mol. The van der Waals surface area contributed by atoms with Crippen molar-refractivity contribution in [3.05, 3.63) is 12.0 Å². The molecule has 1 aromatic heterocycles. The molecule has 0 aliphatic rings. The lowest BCUT2D eigenvalue weighted by molar-refractivity contribution is 0.411. The molecule has 0 spiro atoms. The fourth-order valence-corrected chi connectivity index (χ4v) is 2.71. The molecule has 0 unspecified atom stereocenters. The van der Waals surface area contributed by atoms with E-state index in [1.165, 1.54) is 6.26 Å². The number of hydrogen-bond acceptors (Lipinski definition) is 6. The predicted octanol–water partition coefficient (Wildman–Crippen LogP) is 2.31. The summed E-state index contributed by atoms with van der Waals surface area (Å²) >= 11 is 0. The van der Waals surface area contributed by atoms with Gasteiger partial charge in [-0.2, -0.15) is 13.5 Å². The molecule has 0 amide bonds. The molecule has 0 saturated carbocycles. The monoisotopic (exact) mass is 349 g/mol. The summed E-state index contributed by atoms with van der Waals surface area (Å²) in [5.74, 6) is 2.01. The van der Waals surface area contributed by atoms with E-state index in [4.69, 9.17) is 4.74 Å². The number of aryl methyl sites for hydroxylation is 1. The Morgan fingerprint density at radius 2 is 2.05 bits per heavy atom. The van der Waals surface area contributed by atoms with Crippen LogP contribution >= 0.6 is 13.5 Å². The Labute approximate surface area is 140 Å². The van der Waals surface area contributed by atoms with Crippen molar-refractivity contribution >= 4 is 29.2 Å². The summed E-state index contributed by atoms with van der Waals surface area (Å²) in [6.07, 6.45) is 6.45. The van der Waals surface area contributed by atoms with Gasteiger partial charge in [-0.05, 0) is 19.8 Å². The third kappa shape index (κ3) is 7.84. The van der Waals surface area contributed by atoms with Crippen molar-refractivity contribution in [2.45, 2.75) is 45.6 Å². The summed E-state index contributed by atoms with van der Waals surface area (Å²) in [4.78, 5) is 8.43. The van der Waals surface area contributed by atoms with Gasteiger partial charge in [0, 0.05) is 12.3 Å². The van der Waals surface area contributed by atoms with Gasteiger partial charge in [-0.25, -0.2) is 18.4 Å². The molecular weight excluding hydrogens is 322 g/mol. The van der Waals surface area contributed by atoms with Crippen molar-refractivity contribution < 1.29 is 13.2 Å². The normalized spacial score (nSPS) is 12.4. The van der Waals surface area contributed by atoms with E-state index in [0.29, 0.717) is 23.8 Å². The SMILES string of the molecule is CCCC[C@@H](CCS(C)(=O)=O)Nc1nc(C)ncc1OC.S. The van der Waals surface area contributed by atoms with Crippen LogP contribution in [0.3, 0.4) is 0 Å². The molecule has 0 aliphatic carbocycles. The number of unbranched alkanes of at least 4 members (excludes halogenated alkanes) is 1. The zero-order valence-electron chi connectivity index (χ0n) is 13.7. The Balaban J connectivity index is 0.00000441. The summed E-state index contributed by atoms with van der Waals surface area (Å²) in [5.41, 5.74) is 0. The number of sulfone groups is 1. The molecule has 128 valence electrons. The van der Waals surface area contributed by atoms with Crippen LogP contribution in [0.4, 0.5) is 5.82 Å². The minimum atomic E-state index is -2.96. The molecule has 22 heavy (non-hydrogen) atoms. The number of hydrogen-bond donors (Lipinski definition) is 1. The van der Waals surface area contributed by atoms with Gasteiger partial charge in [-0.15, -0.1) is 0 Å². The molecule has 1 heterocycles. The number of nitrogens with zero attached hydrogens (tertiary/aromatic N) is 2. The van der Waals surface area contributed by atoms with Crippen molar-refractivity contribution in [2.24, 2.45) is 0 Å². The molecule has 6 nitrogen and oxygen atoms in total. The van der Waals surface area contributed by atoms with Crippen LogP contribution in [-0.4, -0.2) is 43.5 Å². The minimum Gasteiger partial charge on any atom is -0.491 e. The van der Waals surface area contributed by atoms with Gasteiger partial charge in [-0.3, -0.25) is 0 Å². The van der Waals surface area contributed by atoms with Gasteiger partial charge >= 0.3 is 0 Å². The first-order valence-electron chi connectivity index (χ1n) is 7.17. The molecule has 0 bridgehead atoms. The Kier molecular flexibility index (Phi) is 9.43. The lowest BCUT2D eigenvalue weighted by Crippen LogP contribution is -2.24. The maximum atomic E-state index is 11.4. The maximum absolute atomic E-state index is 11.4. The van der Waals surface area contributed by atoms with E-state index < -0.39 is 9.84 Å². The lowest BCUT2D eigenvalue weighted by atomic mass is 10.1. The van der Waals surface area contributed by atoms with Crippen molar-refractivity contribution in [3.8, 4) is 5.75 Å².